The monoisotopic (exact) mass is 284 g/mol. The van der Waals surface area contributed by atoms with E-state index in [0.29, 0.717) is 5.88 Å². The molecule has 0 radical (unpaired) electrons. The standard InChI is InChI=1S/C17H17ClN2/c1-13-6-5-9-15-17(13)20(16(12-18)19-15)11-10-14-7-3-2-4-8-14/h2-9H,10-12H2,1H3. The summed E-state index contributed by atoms with van der Waals surface area (Å²) in [4.78, 5) is 4.64. The number of fused-ring (bicyclic) bond motifs is 1. The molecule has 0 aliphatic heterocycles. The third-order valence-corrected chi connectivity index (χ3v) is 3.87. The molecular weight excluding hydrogens is 268 g/mol. The maximum atomic E-state index is 6.05. The van der Waals surface area contributed by atoms with Gasteiger partial charge in [-0.15, -0.1) is 11.6 Å². The Hall–Kier alpha value is -1.80. The Labute approximate surface area is 124 Å². The van der Waals surface area contributed by atoms with E-state index >= 15 is 0 Å². The van der Waals surface area contributed by atoms with Crippen LogP contribution in [0.15, 0.2) is 48.5 Å². The van der Waals surface area contributed by atoms with Gasteiger partial charge in [-0.05, 0) is 30.5 Å². The van der Waals surface area contributed by atoms with E-state index in [1.54, 1.807) is 0 Å². The van der Waals surface area contributed by atoms with Gasteiger partial charge in [-0.1, -0.05) is 42.5 Å². The van der Waals surface area contributed by atoms with Crippen molar-refractivity contribution in [3.8, 4) is 0 Å². The minimum absolute atomic E-state index is 0.447. The average molecular weight is 285 g/mol. The van der Waals surface area contributed by atoms with Crippen molar-refractivity contribution in [1.29, 1.82) is 0 Å². The Morgan fingerprint density at radius 3 is 2.60 bits per heavy atom. The molecule has 0 bridgehead atoms. The molecule has 2 nitrogen and oxygen atoms in total. The second-order valence-electron chi connectivity index (χ2n) is 4.99. The number of alkyl halides is 1. The van der Waals surface area contributed by atoms with Crippen molar-refractivity contribution >= 4 is 22.6 Å². The summed E-state index contributed by atoms with van der Waals surface area (Å²) in [5.74, 6) is 1.40. The summed E-state index contributed by atoms with van der Waals surface area (Å²) in [6.07, 6.45) is 0.991. The van der Waals surface area contributed by atoms with Gasteiger partial charge in [-0.2, -0.15) is 0 Å². The highest BCUT2D eigenvalue weighted by Gasteiger charge is 2.11. The normalized spacial score (nSPS) is 11.1. The van der Waals surface area contributed by atoms with E-state index in [1.165, 1.54) is 16.6 Å². The first-order valence-electron chi connectivity index (χ1n) is 6.84. The predicted molar refractivity (Wildman–Crippen MR) is 84.2 cm³/mol. The van der Waals surface area contributed by atoms with E-state index < -0.39 is 0 Å². The van der Waals surface area contributed by atoms with Gasteiger partial charge in [0.25, 0.3) is 0 Å². The lowest BCUT2D eigenvalue weighted by Crippen LogP contribution is -2.05. The van der Waals surface area contributed by atoms with Gasteiger partial charge in [0.05, 0.1) is 16.9 Å². The van der Waals surface area contributed by atoms with Crippen molar-refractivity contribution in [2.24, 2.45) is 0 Å². The number of hydrogen-bond acceptors (Lipinski definition) is 1. The molecule has 0 saturated carbocycles. The summed E-state index contributed by atoms with van der Waals surface area (Å²) in [6.45, 7) is 3.04. The van der Waals surface area contributed by atoms with E-state index in [4.69, 9.17) is 11.6 Å². The maximum Gasteiger partial charge on any atom is 0.124 e. The summed E-state index contributed by atoms with van der Waals surface area (Å²) in [5, 5.41) is 0. The number of imidazole rings is 1. The third kappa shape index (κ3) is 2.44. The smallest absolute Gasteiger partial charge is 0.124 e. The first-order valence-corrected chi connectivity index (χ1v) is 7.37. The highest BCUT2D eigenvalue weighted by molar-refractivity contribution is 6.16. The fourth-order valence-electron chi connectivity index (χ4n) is 2.64. The quantitative estimate of drug-likeness (QED) is 0.652. The van der Waals surface area contributed by atoms with Gasteiger partial charge in [-0.25, -0.2) is 4.98 Å². The SMILES string of the molecule is Cc1cccc2nc(CCl)n(CCc3ccccc3)c12. The molecule has 1 aromatic heterocycles. The third-order valence-electron chi connectivity index (χ3n) is 3.63. The van der Waals surface area contributed by atoms with Gasteiger partial charge in [0, 0.05) is 6.54 Å². The molecule has 0 unspecified atom stereocenters. The Kier molecular flexibility index (Phi) is 3.75. The van der Waals surface area contributed by atoms with Crippen LogP contribution in [0.4, 0.5) is 0 Å². The van der Waals surface area contributed by atoms with Crippen LogP contribution in [-0.2, 0) is 18.8 Å². The summed E-state index contributed by atoms with van der Waals surface area (Å²) >= 11 is 6.05. The van der Waals surface area contributed by atoms with Crippen molar-refractivity contribution in [2.45, 2.75) is 25.8 Å². The first kappa shape index (κ1) is 13.2. The zero-order valence-electron chi connectivity index (χ0n) is 11.5. The summed E-state index contributed by atoms with van der Waals surface area (Å²) < 4.78 is 2.25. The molecule has 3 rings (SSSR count). The number of halogens is 1. The molecule has 20 heavy (non-hydrogen) atoms. The van der Waals surface area contributed by atoms with Crippen LogP contribution >= 0.6 is 11.6 Å². The predicted octanol–water partition coefficient (Wildman–Crippen LogP) is 4.33. The van der Waals surface area contributed by atoms with E-state index in [2.05, 4.69) is 52.9 Å². The van der Waals surface area contributed by atoms with Crippen molar-refractivity contribution in [1.82, 2.24) is 9.55 Å². The number of rotatable bonds is 4. The van der Waals surface area contributed by atoms with Crippen molar-refractivity contribution in [2.75, 3.05) is 0 Å². The first-order chi connectivity index (χ1) is 9.79. The second-order valence-corrected chi connectivity index (χ2v) is 5.26. The Morgan fingerprint density at radius 2 is 1.85 bits per heavy atom. The number of benzene rings is 2. The Bertz CT molecular complexity index is 716. The molecule has 0 atom stereocenters. The molecule has 0 spiro atoms. The summed E-state index contributed by atoms with van der Waals surface area (Å²) in [7, 11) is 0. The molecule has 1 heterocycles. The maximum absolute atomic E-state index is 6.05. The zero-order valence-corrected chi connectivity index (χ0v) is 12.3. The van der Waals surface area contributed by atoms with Crippen molar-refractivity contribution in [3.05, 3.63) is 65.5 Å². The van der Waals surface area contributed by atoms with Crippen LogP contribution in [0.5, 0.6) is 0 Å². The second kappa shape index (κ2) is 5.68. The number of nitrogens with zero attached hydrogens (tertiary/aromatic N) is 2. The number of aromatic nitrogens is 2. The van der Waals surface area contributed by atoms with Crippen LogP contribution in [-0.4, -0.2) is 9.55 Å². The van der Waals surface area contributed by atoms with E-state index in [0.717, 1.165) is 24.3 Å². The van der Waals surface area contributed by atoms with Crippen LogP contribution in [0.2, 0.25) is 0 Å². The van der Waals surface area contributed by atoms with Gasteiger partial charge < -0.3 is 4.57 Å². The molecule has 0 aliphatic carbocycles. The molecule has 0 fully saturated rings. The van der Waals surface area contributed by atoms with Crippen LogP contribution in [0.1, 0.15) is 17.0 Å². The number of para-hydroxylation sites is 1. The van der Waals surface area contributed by atoms with Gasteiger partial charge >= 0.3 is 0 Å². The largest absolute Gasteiger partial charge is 0.326 e. The van der Waals surface area contributed by atoms with E-state index in [-0.39, 0.29) is 0 Å². The lowest BCUT2D eigenvalue weighted by atomic mass is 10.1. The molecule has 3 aromatic rings. The van der Waals surface area contributed by atoms with Crippen LogP contribution in [0, 0.1) is 6.92 Å². The van der Waals surface area contributed by atoms with Gasteiger partial charge in [0.2, 0.25) is 0 Å². The fourth-order valence-corrected chi connectivity index (χ4v) is 2.85. The fraction of sp³-hybridized carbons (Fsp3) is 0.235. The van der Waals surface area contributed by atoms with Gasteiger partial charge in [-0.3, -0.25) is 0 Å². The van der Waals surface area contributed by atoms with Crippen LogP contribution in [0.3, 0.4) is 0 Å². The highest BCUT2D eigenvalue weighted by Crippen LogP contribution is 2.21. The van der Waals surface area contributed by atoms with Crippen molar-refractivity contribution in [3.63, 3.8) is 0 Å². The lowest BCUT2D eigenvalue weighted by molar-refractivity contribution is 0.687. The molecule has 3 heteroatoms. The lowest BCUT2D eigenvalue weighted by Gasteiger charge is -2.09. The number of aryl methyl sites for hydroxylation is 3. The Morgan fingerprint density at radius 1 is 1.05 bits per heavy atom. The average Bonchev–Trinajstić information content (AvgIpc) is 2.85. The topological polar surface area (TPSA) is 17.8 Å². The molecule has 0 amide bonds. The van der Waals surface area contributed by atoms with Crippen LogP contribution in [0.25, 0.3) is 11.0 Å². The minimum Gasteiger partial charge on any atom is -0.326 e. The van der Waals surface area contributed by atoms with Crippen LogP contribution < -0.4 is 0 Å². The van der Waals surface area contributed by atoms with E-state index in [1.807, 2.05) is 12.1 Å². The molecular formula is C17H17ClN2. The molecule has 102 valence electrons. The highest BCUT2D eigenvalue weighted by atomic mass is 35.5. The van der Waals surface area contributed by atoms with Gasteiger partial charge in [0.15, 0.2) is 0 Å². The minimum atomic E-state index is 0.447. The Balaban J connectivity index is 1.97. The van der Waals surface area contributed by atoms with Gasteiger partial charge in [0.1, 0.15) is 5.82 Å². The molecule has 2 aromatic carbocycles. The summed E-state index contributed by atoms with van der Waals surface area (Å²) in [6, 6.07) is 16.7. The molecule has 0 N–H and O–H groups in total. The van der Waals surface area contributed by atoms with Crippen molar-refractivity contribution < 1.29 is 0 Å². The van der Waals surface area contributed by atoms with E-state index in [9.17, 15) is 0 Å². The summed E-state index contributed by atoms with van der Waals surface area (Å²) in [5.41, 5.74) is 4.83. The number of hydrogen-bond donors (Lipinski definition) is 0. The molecule has 0 aliphatic rings. The molecule has 0 saturated heterocycles. The zero-order chi connectivity index (χ0) is 13.9.